The van der Waals surface area contributed by atoms with Crippen LogP contribution in [-0.4, -0.2) is 48.1 Å². The molecule has 7 nitrogen and oxygen atoms in total. The Morgan fingerprint density at radius 1 is 1.20 bits per heavy atom. The lowest BCUT2D eigenvalue weighted by atomic mass is 10.0. The summed E-state index contributed by atoms with van der Waals surface area (Å²) in [6, 6.07) is 10.7. The molecule has 1 aliphatic heterocycles. The van der Waals surface area contributed by atoms with Gasteiger partial charge >= 0.3 is 5.97 Å². The van der Waals surface area contributed by atoms with Crippen molar-refractivity contribution >= 4 is 34.2 Å². The van der Waals surface area contributed by atoms with E-state index in [0.29, 0.717) is 11.1 Å². The highest BCUT2D eigenvalue weighted by Gasteiger charge is 2.31. The second kappa shape index (κ2) is 6.74. The van der Waals surface area contributed by atoms with Crippen LogP contribution >= 0.6 is 0 Å². The molecule has 25 heavy (non-hydrogen) atoms. The van der Waals surface area contributed by atoms with Gasteiger partial charge in [0.1, 0.15) is 5.70 Å². The van der Waals surface area contributed by atoms with Crippen LogP contribution in [-0.2, 0) is 14.3 Å². The van der Waals surface area contributed by atoms with Gasteiger partial charge in [-0.05, 0) is 11.5 Å². The molecule has 0 aliphatic carbocycles. The Hall–Kier alpha value is -3.19. The monoisotopic (exact) mass is 340 g/mol. The zero-order chi connectivity index (χ0) is 18.0. The van der Waals surface area contributed by atoms with Gasteiger partial charge in [-0.25, -0.2) is 4.79 Å². The largest absolute Gasteiger partial charge is 0.465 e. The van der Waals surface area contributed by atoms with Crippen molar-refractivity contribution in [1.82, 2.24) is 4.90 Å². The predicted octanol–water partition coefficient (Wildman–Crippen LogP) is 1.28. The molecule has 0 unspecified atom stereocenters. The van der Waals surface area contributed by atoms with Crippen LogP contribution in [0.5, 0.6) is 0 Å². The van der Waals surface area contributed by atoms with E-state index >= 15 is 0 Å². The number of carbonyl (C=O) groups is 3. The molecule has 1 aliphatic rings. The maximum Gasteiger partial charge on any atom is 0.339 e. The van der Waals surface area contributed by atoms with Crippen LogP contribution in [0.15, 0.2) is 48.2 Å². The summed E-state index contributed by atoms with van der Waals surface area (Å²) in [5, 5.41) is 13.5. The Balaban J connectivity index is 2.06. The minimum atomic E-state index is -0.558. The van der Waals surface area contributed by atoms with Crippen molar-refractivity contribution in [3.8, 4) is 0 Å². The Kier molecular flexibility index (Phi) is 4.49. The highest BCUT2D eigenvalue weighted by Crippen LogP contribution is 2.30. The second-order valence-electron chi connectivity index (χ2n) is 5.40. The smallest absolute Gasteiger partial charge is 0.339 e. The number of fused-ring (bicyclic) bond motifs is 1. The quantitative estimate of drug-likeness (QED) is 0.629. The number of esters is 1. The van der Waals surface area contributed by atoms with Crippen molar-refractivity contribution in [1.29, 1.82) is 0 Å². The summed E-state index contributed by atoms with van der Waals surface area (Å²) in [4.78, 5) is 37.3. The second-order valence-corrected chi connectivity index (χ2v) is 5.40. The fourth-order valence-electron chi connectivity index (χ4n) is 2.73. The lowest BCUT2D eigenvalue weighted by Crippen LogP contribution is -2.34. The maximum atomic E-state index is 12.3. The molecule has 0 saturated heterocycles. The molecule has 2 aromatic rings. The summed E-state index contributed by atoms with van der Waals surface area (Å²) < 4.78 is 4.80. The Bertz CT molecular complexity index is 903. The number of benzene rings is 2. The third kappa shape index (κ3) is 2.97. The fourth-order valence-corrected chi connectivity index (χ4v) is 2.73. The van der Waals surface area contributed by atoms with Gasteiger partial charge in [0, 0.05) is 11.5 Å². The van der Waals surface area contributed by atoms with Crippen molar-refractivity contribution in [3.05, 3.63) is 53.7 Å². The molecule has 1 heterocycles. The van der Waals surface area contributed by atoms with Crippen LogP contribution < -0.4 is 5.32 Å². The Morgan fingerprint density at radius 3 is 2.68 bits per heavy atom. The predicted molar refractivity (Wildman–Crippen MR) is 90.8 cm³/mol. The summed E-state index contributed by atoms with van der Waals surface area (Å²) in [6.07, 6.45) is 1.15. The minimum Gasteiger partial charge on any atom is -0.465 e. The lowest BCUT2D eigenvalue weighted by Gasteiger charge is -2.16. The van der Waals surface area contributed by atoms with Gasteiger partial charge in [-0.3, -0.25) is 14.5 Å². The van der Waals surface area contributed by atoms with Gasteiger partial charge in [-0.1, -0.05) is 30.3 Å². The highest BCUT2D eigenvalue weighted by molar-refractivity contribution is 6.19. The number of methoxy groups -OCH3 is 1. The van der Waals surface area contributed by atoms with E-state index in [9.17, 15) is 14.4 Å². The van der Waals surface area contributed by atoms with Crippen molar-refractivity contribution in [2.75, 3.05) is 25.6 Å². The Labute approximate surface area is 143 Å². The summed E-state index contributed by atoms with van der Waals surface area (Å²) in [6.45, 7) is -0.404. The normalized spacial score (nSPS) is 14.0. The number of rotatable bonds is 5. The standard InChI is InChI=1S/C18H16N2O5/c1-25-18(24)13-7-6-11-4-2-3-5-12(11)16(13)19-14-10-15(22)20(8-9-21)17(14)23/h2-7,10,19,21H,8-9H2,1H3. The number of anilines is 1. The number of aliphatic hydroxyl groups excluding tert-OH is 1. The molecule has 3 rings (SSSR count). The average Bonchev–Trinajstić information content (AvgIpc) is 2.89. The lowest BCUT2D eigenvalue weighted by molar-refractivity contribution is -0.137. The number of β-amino-alcohol motifs (C(OH)–C–C–N with tert-alkyl or cyclic N) is 1. The SMILES string of the molecule is COC(=O)c1ccc2ccccc2c1NC1=CC(=O)N(CCO)C1=O. The zero-order valence-electron chi connectivity index (χ0n) is 13.5. The topological polar surface area (TPSA) is 95.9 Å². The van der Waals surface area contributed by atoms with Gasteiger partial charge in [0.2, 0.25) is 0 Å². The summed E-state index contributed by atoms with van der Waals surface area (Å²) in [5.41, 5.74) is 0.686. The van der Waals surface area contributed by atoms with E-state index in [2.05, 4.69) is 5.32 Å². The molecule has 2 N–H and O–H groups in total. The van der Waals surface area contributed by atoms with Crippen molar-refractivity contribution in [3.63, 3.8) is 0 Å². The van der Waals surface area contributed by atoms with Crippen LogP contribution in [0.2, 0.25) is 0 Å². The average molecular weight is 340 g/mol. The van der Waals surface area contributed by atoms with Crippen LogP contribution in [0, 0.1) is 0 Å². The summed E-state index contributed by atoms with van der Waals surface area (Å²) >= 11 is 0. The first kappa shape index (κ1) is 16.7. The number of carbonyl (C=O) groups excluding carboxylic acids is 3. The molecular formula is C18H16N2O5. The molecule has 128 valence electrons. The van der Waals surface area contributed by atoms with Gasteiger partial charge in [0.25, 0.3) is 11.8 Å². The summed E-state index contributed by atoms with van der Waals surface area (Å²) in [7, 11) is 1.27. The van der Waals surface area contributed by atoms with E-state index in [4.69, 9.17) is 9.84 Å². The highest BCUT2D eigenvalue weighted by atomic mass is 16.5. The number of nitrogens with zero attached hydrogens (tertiary/aromatic N) is 1. The molecule has 0 aromatic heterocycles. The third-order valence-electron chi connectivity index (χ3n) is 3.93. The first-order valence-corrected chi connectivity index (χ1v) is 7.62. The number of nitrogens with one attached hydrogen (secondary N) is 1. The number of amides is 2. The first-order chi connectivity index (χ1) is 12.1. The number of imide groups is 1. The number of ether oxygens (including phenoxy) is 1. The van der Waals surface area contributed by atoms with Gasteiger partial charge in [-0.15, -0.1) is 0 Å². The van der Waals surface area contributed by atoms with E-state index in [0.717, 1.165) is 16.4 Å². The minimum absolute atomic E-state index is 0.0416. The summed E-state index contributed by atoms with van der Waals surface area (Å²) in [5.74, 6) is -1.62. The van der Waals surface area contributed by atoms with Crippen LogP contribution in [0.4, 0.5) is 5.69 Å². The van der Waals surface area contributed by atoms with E-state index in [1.807, 2.05) is 18.2 Å². The number of hydrogen-bond donors (Lipinski definition) is 2. The molecular weight excluding hydrogens is 324 g/mol. The third-order valence-corrected chi connectivity index (χ3v) is 3.93. The molecule has 0 bridgehead atoms. The van der Waals surface area contributed by atoms with Crippen LogP contribution in [0.25, 0.3) is 10.8 Å². The maximum absolute atomic E-state index is 12.3. The van der Waals surface area contributed by atoms with Crippen LogP contribution in [0.3, 0.4) is 0 Å². The van der Waals surface area contributed by atoms with Gasteiger partial charge in [0.05, 0.1) is 31.5 Å². The molecule has 2 amide bonds. The van der Waals surface area contributed by atoms with Gasteiger partial charge < -0.3 is 15.2 Å². The molecule has 0 saturated carbocycles. The number of hydrogen-bond acceptors (Lipinski definition) is 6. The molecule has 0 atom stereocenters. The van der Waals surface area contributed by atoms with Crippen molar-refractivity contribution < 1.29 is 24.2 Å². The number of aliphatic hydroxyl groups is 1. The zero-order valence-corrected chi connectivity index (χ0v) is 13.5. The molecule has 2 aromatic carbocycles. The molecule has 0 fully saturated rings. The van der Waals surface area contributed by atoms with E-state index in [1.54, 1.807) is 18.2 Å². The van der Waals surface area contributed by atoms with Gasteiger partial charge in [-0.2, -0.15) is 0 Å². The first-order valence-electron chi connectivity index (χ1n) is 7.62. The van der Waals surface area contributed by atoms with E-state index in [1.165, 1.54) is 7.11 Å². The van der Waals surface area contributed by atoms with Crippen molar-refractivity contribution in [2.24, 2.45) is 0 Å². The molecule has 0 radical (unpaired) electrons. The van der Waals surface area contributed by atoms with E-state index in [-0.39, 0.29) is 24.4 Å². The molecule has 7 heteroatoms. The van der Waals surface area contributed by atoms with Crippen molar-refractivity contribution in [2.45, 2.75) is 0 Å². The van der Waals surface area contributed by atoms with Crippen LogP contribution in [0.1, 0.15) is 10.4 Å². The Morgan fingerprint density at radius 2 is 1.96 bits per heavy atom. The fraction of sp³-hybridized carbons (Fsp3) is 0.167. The molecule has 0 spiro atoms. The van der Waals surface area contributed by atoms with Gasteiger partial charge in [0.15, 0.2) is 0 Å². The van der Waals surface area contributed by atoms with E-state index < -0.39 is 17.8 Å².